The Balaban J connectivity index is 1.87. The molecule has 3 heteroatoms. The van der Waals surface area contributed by atoms with Gasteiger partial charge in [-0.05, 0) is 32.2 Å². The molecule has 1 saturated carbocycles. The molecule has 1 aliphatic heterocycles. The fraction of sp³-hybridized carbons (Fsp3) is 0.909. The molecule has 2 rings (SSSR count). The monoisotopic (exact) mass is 193 g/mol. The van der Waals surface area contributed by atoms with Crippen molar-refractivity contribution in [3.05, 3.63) is 0 Å². The van der Waals surface area contributed by atoms with Gasteiger partial charge in [-0.15, -0.1) is 0 Å². The second kappa shape index (κ2) is 4.29. The first-order valence-corrected chi connectivity index (χ1v) is 5.69. The second-order valence-corrected chi connectivity index (χ2v) is 4.69. The largest absolute Gasteiger partial charge is 0.328 e. The molecule has 1 saturated heterocycles. The molecule has 1 heterocycles. The molecule has 0 spiro atoms. The van der Waals surface area contributed by atoms with E-state index in [1.54, 1.807) is 0 Å². The zero-order valence-electron chi connectivity index (χ0n) is 8.65. The highest BCUT2D eigenvalue weighted by atomic mass is 15.2. The summed E-state index contributed by atoms with van der Waals surface area (Å²) >= 11 is 0. The van der Waals surface area contributed by atoms with Crippen molar-refractivity contribution in [2.24, 2.45) is 11.7 Å². The Morgan fingerprint density at radius 2 is 2.14 bits per heavy atom. The molecule has 0 amide bonds. The minimum atomic E-state index is 0.271. The van der Waals surface area contributed by atoms with Gasteiger partial charge in [-0.2, -0.15) is 5.26 Å². The van der Waals surface area contributed by atoms with Crippen LogP contribution in [0.15, 0.2) is 0 Å². The van der Waals surface area contributed by atoms with Crippen LogP contribution in [0.3, 0.4) is 0 Å². The molecule has 14 heavy (non-hydrogen) atoms. The Bertz CT molecular complexity index is 233. The first-order valence-electron chi connectivity index (χ1n) is 5.69. The molecular formula is C11H19N3. The van der Waals surface area contributed by atoms with E-state index in [9.17, 15) is 0 Å². The molecule has 3 nitrogen and oxygen atoms in total. The molecule has 2 fully saturated rings. The van der Waals surface area contributed by atoms with Crippen LogP contribution in [0.25, 0.3) is 0 Å². The summed E-state index contributed by atoms with van der Waals surface area (Å²) in [6.07, 6.45) is 5.93. The maximum absolute atomic E-state index is 8.83. The van der Waals surface area contributed by atoms with Crippen LogP contribution in [0.4, 0.5) is 0 Å². The Labute approximate surface area is 85.9 Å². The van der Waals surface area contributed by atoms with Gasteiger partial charge in [-0.1, -0.05) is 6.42 Å². The average Bonchev–Trinajstić information content (AvgIpc) is 2.66. The lowest BCUT2D eigenvalue weighted by Gasteiger charge is -2.33. The lowest BCUT2D eigenvalue weighted by molar-refractivity contribution is 0.177. The van der Waals surface area contributed by atoms with Gasteiger partial charge in [0.1, 0.15) is 0 Å². The van der Waals surface area contributed by atoms with Crippen LogP contribution in [0.5, 0.6) is 0 Å². The predicted octanol–water partition coefficient (Wildman–Crippen LogP) is 1.10. The molecule has 78 valence electrons. The smallest absolute Gasteiger partial charge is 0.0669 e. The van der Waals surface area contributed by atoms with Gasteiger partial charge in [0.05, 0.1) is 12.0 Å². The molecule has 2 aliphatic rings. The third kappa shape index (κ3) is 2.08. The molecule has 0 aromatic heterocycles. The van der Waals surface area contributed by atoms with E-state index in [1.165, 1.54) is 19.3 Å². The Morgan fingerprint density at radius 3 is 2.79 bits per heavy atom. The number of hydrogen-bond acceptors (Lipinski definition) is 3. The number of nitriles is 1. The molecule has 1 aliphatic carbocycles. The molecule has 0 radical (unpaired) electrons. The van der Waals surface area contributed by atoms with E-state index in [4.69, 9.17) is 11.0 Å². The minimum Gasteiger partial charge on any atom is -0.328 e. The zero-order chi connectivity index (χ0) is 9.97. The van der Waals surface area contributed by atoms with Crippen molar-refractivity contribution in [1.29, 1.82) is 5.26 Å². The molecule has 0 aromatic carbocycles. The van der Waals surface area contributed by atoms with E-state index in [1.807, 2.05) is 0 Å². The van der Waals surface area contributed by atoms with Crippen LogP contribution in [-0.2, 0) is 0 Å². The van der Waals surface area contributed by atoms with Crippen LogP contribution in [-0.4, -0.2) is 30.1 Å². The fourth-order valence-corrected chi connectivity index (χ4v) is 2.76. The van der Waals surface area contributed by atoms with E-state index in [-0.39, 0.29) is 5.92 Å². The van der Waals surface area contributed by atoms with Crippen LogP contribution >= 0.6 is 0 Å². The summed E-state index contributed by atoms with van der Waals surface area (Å²) in [5.74, 6) is 0.271. The van der Waals surface area contributed by atoms with Crippen molar-refractivity contribution in [3.63, 3.8) is 0 Å². The van der Waals surface area contributed by atoms with Crippen molar-refractivity contribution in [1.82, 2.24) is 4.90 Å². The van der Waals surface area contributed by atoms with E-state index >= 15 is 0 Å². The Morgan fingerprint density at radius 1 is 1.29 bits per heavy atom. The molecule has 3 unspecified atom stereocenters. The standard InChI is InChI=1S/C11H19N3/c12-7-9-4-5-14(8-9)11-3-1-2-10(13)6-11/h9-11H,1-6,8,13H2. The lowest BCUT2D eigenvalue weighted by atomic mass is 9.91. The summed E-state index contributed by atoms with van der Waals surface area (Å²) in [6, 6.07) is 3.43. The summed E-state index contributed by atoms with van der Waals surface area (Å²) in [5, 5.41) is 8.83. The number of likely N-dealkylation sites (tertiary alicyclic amines) is 1. The van der Waals surface area contributed by atoms with Gasteiger partial charge in [0, 0.05) is 18.6 Å². The molecule has 0 aromatic rings. The SMILES string of the molecule is N#CC1CCN(C2CCCC(N)C2)C1. The maximum atomic E-state index is 8.83. The average molecular weight is 193 g/mol. The normalized spacial score (nSPS) is 39.6. The highest BCUT2D eigenvalue weighted by Gasteiger charge is 2.30. The fourth-order valence-electron chi connectivity index (χ4n) is 2.76. The van der Waals surface area contributed by atoms with Gasteiger partial charge in [0.15, 0.2) is 0 Å². The maximum Gasteiger partial charge on any atom is 0.0669 e. The quantitative estimate of drug-likeness (QED) is 0.678. The van der Waals surface area contributed by atoms with Crippen molar-refractivity contribution in [2.45, 2.75) is 44.2 Å². The third-order valence-corrected chi connectivity index (χ3v) is 3.61. The summed E-state index contributed by atoms with van der Waals surface area (Å²) in [6.45, 7) is 2.09. The number of nitrogens with zero attached hydrogens (tertiary/aromatic N) is 2. The van der Waals surface area contributed by atoms with Crippen LogP contribution in [0.2, 0.25) is 0 Å². The van der Waals surface area contributed by atoms with Gasteiger partial charge < -0.3 is 5.73 Å². The van der Waals surface area contributed by atoms with E-state index in [2.05, 4.69) is 11.0 Å². The van der Waals surface area contributed by atoms with Crippen LogP contribution in [0, 0.1) is 17.2 Å². The van der Waals surface area contributed by atoms with Crippen LogP contribution < -0.4 is 5.73 Å². The van der Waals surface area contributed by atoms with Gasteiger partial charge in [0.25, 0.3) is 0 Å². The molecule has 0 bridgehead atoms. The topological polar surface area (TPSA) is 53.0 Å². The van der Waals surface area contributed by atoms with E-state index in [0.29, 0.717) is 12.1 Å². The zero-order valence-corrected chi connectivity index (χ0v) is 8.65. The van der Waals surface area contributed by atoms with E-state index < -0.39 is 0 Å². The summed E-state index contributed by atoms with van der Waals surface area (Å²) in [7, 11) is 0. The first-order chi connectivity index (χ1) is 6.79. The van der Waals surface area contributed by atoms with Gasteiger partial charge in [-0.3, -0.25) is 4.90 Å². The number of hydrogen-bond donors (Lipinski definition) is 1. The van der Waals surface area contributed by atoms with Crippen molar-refractivity contribution in [3.8, 4) is 6.07 Å². The van der Waals surface area contributed by atoms with Crippen LogP contribution in [0.1, 0.15) is 32.1 Å². The van der Waals surface area contributed by atoms with E-state index in [0.717, 1.165) is 25.9 Å². The number of nitrogens with two attached hydrogens (primary N) is 1. The minimum absolute atomic E-state index is 0.271. The van der Waals surface area contributed by atoms with Crippen molar-refractivity contribution < 1.29 is 0 Å². The summed E-state index contributed by atoms with van der Waals surface area (Å²) in [4.78, 5) is 2.48. The van der Waals surface area contributed by atoms with Crippen molar-refractivity contribution >= 4 is 0 Å². The second-order valence-electron chi connectivity index (χ2n) is 4.69. The third-order valence-electron chi connectivity index (χ3n) is 3.61. The highest BCUT2D eigenvalue weighted by Crippen LogP contribution is 2.26. The van der Waals surface area contributed by atoms with Gasteiger partial charge >= 0.3 is 0 Å². The summed E-state index contributed by atoms with van der Waals surface area (Å²) < 4.78 is 0. The highest BCUT2D eigenvalue weighted by molar-refractivity contribution is 4.94. The summed E-state index contributed by atoms with van der Waals surface area (Å²) in [5.41, 5.74) is 5.97. The Hall–Kier alpha value is -0.590. The lowest BCUT2D eigenvalue weighted by Crippen LogP contribution is -2.41. The Kier molecular flexibility index (Phi) is 3.05. The molecular weight excluding hydrogens is 174 g/mol. The number of rotatable bonds is 1. The predicted molar refractivity (Wildman–Crippen MR) is 55.5 cm³/mol. The molecule has 3 atom stereocenters. The van der Waals surface area contributed by atoms with Gasteiger partial charge in [0.2, 0.25) is 0 Å². The molecule has 2 N–H and O–H groups in total. The van der Waals surface area contributed by atoms with Gasteiger partial charge in [-0.25, -0.2) is 0 Å². The van der Waals surface area contributed by atoms with Crippen molar-refractivity contribution in [2.75, 3.05) is 13.1 Å². The first kappa shape index (κ1) is 9.95.